The number of thiophene rings is 1. The molecule has 0 aliphatic rings. The van der Waals surface area contributed by atoms with Gasteiger partial charge in [-0.1, -0.05) is 6.92 Å². The highest BCUT2D eigenvalue weighted by Gasteiger charge is 2.19. The zero-order valence-electron chi connectivity index (χ0n) is 16.1. The Morgan fingerprint density at radius 1 is 1.11 bits per heavy atom. The summed E-state index contributed by atoms with van der Waals surface area (Å²) in [5, 5.41) is 3.85. The van der Waals surface area contributed by atoms with Gasteiger partial charge in [-0.3, -0.25) is 9.59 Å². The molecular weight excluding hydrogens is 360 g/mol. The van der Waals surface area contributed by atoms with E-state index in [4.69, 9.17) is 0 Å². The summed E-state index contributed by atoms with van der Waals surface area (Å²) >= 11 is 1.38. The van der Waals surface area contributed by atoms with Crippen LogP contribution in [0.15, 0.2) is 24.3 Å². The van der Waals surface area contributed by atoms with Crippen molar-refractivity contribution in [3.8, 4) is 0 Å². The molecule has 1 N–H and O–H groups in total. The average Bonchev–Trinajstić information content (AvgIpc) is 2.98. The molecule has 2 amide bonds. The van der Waals surface area contributed by atoms with Gasteiger partial charge >= 0.3 is 0 Å². The Morgan fingerprint density at radius 3 is 2.37 bits per heavy atom. The molecule has 0 atom stereocenters. The molecule has 2 aromatic heterocycles. The second-order valence-electron chi connectivity index (χ2n) is 6.55. The molecule has 27 heavy (non-hydrogen) atoms. The van der Waals surface area contributed by atoms with Crippen LogP contribution in [0.5, 0.6) is 0 Å². The lowest BCUT2D eigenvalue weighted by Crippen LogP contribution is -2.21. The zero-order valence-corrected chi connectivity index (χ0v) is 16.9. The molecule has 0 radical (unpaired) electrons. The first-order valence-corrected chi connectivity index (χ1v) is 9.53. The molecule has 2 heterocycles. The van der Waals surface area contributed by atoms with Gasteiger partial charge in [-0.2, -0.15) is 0 Å². The van der Waals surface area contributed by atoms with Gasteiger partial charge < -0.3 is 10.2 Å². The van der Waals surface area contributed by atoms with Crippen molar-refractivity contribution in [2.45, 2.75) is 27.2 Å². The third kappa shape index (κ3) is 3.68. The number of benzene rings is 1. The van der Waals surface area contributed by atoms with Crippen LogP contribution in [0.3, 0.4) is 0 Å². The van der Waals surface area contributed by atoms with Crippen molar-refractivity contribution < 1.29 is 9.59 Å². The van der Waals surface area contributed by atoms with Gasteiger partial charge in [0.15, 0.2) is 0 Å². The standard InChI is InChI=1S/C20H22N4O2S/c1-6-15-21-12(3)16-11(2)17(27-19(16)23-15)18(25)22-14-9-7-13(8-10-14)20(26)24(4)5/h7-10H,6H2,1-5H3,(H,22,25). The molecule has 0 unspecified atom stereocenters. The Kier molecular flexibility index (Phi) is 5.23. The van der Waals surface area contributed by atoms with Crippen molar-refractivity contribution in [2.24, 2.45) is 0 Å². The second kappa shape index (κ2) is 7.44. The van der Waals surface area contributed by atoms with Crippen LogP contribution in [-0.4, -0.2) is 40.8 Å². The molecule has 0 spiro atoms. The van der Waals surface area contributed by atoms with Gasteiger partial charge in [0.1, 0.15) is 10.7 Å². The van der Waals surface area contributed by atoms with Gasteiger partial charge in [0, 0.05) is 42.8 Å². The molecule has 0 aliphatic heterocycles. The van der Waals surface area contributed by atoms with Crippen LogP contribution in [-0.2, 0) is 6.42 Å². The number of aryl methyl sites for hydroxylation is 3. The van der Waals surface area contributed by atoms with Gasteiger partial charge in [-0.05, 0) is 43.7 Å². The van der Waals surface area contributed by atoms with Crippen molar-refractivity contribution >= 4 is 39.1 Å². The SMILES string of the molecule is CCc1nc(C)c2c(C)c(C(=O)Nc3ccc(C(=O)N(C)C)cc3)sc2n1. The van der Waals surface area contributed by atoms with E-state index in [2.05, 4.69) is 15.3 Å². The predicted octanol–water partition coefficient (Wildman–Crippen LogP) is 3.82. The molecule has 0 saturated heterocycles. The number of aromatic nitrogens is 2. The fourth-order valence-electron chi connectivity index (χ4n) is 2.91. The topological polar surface area (TPSA) is 75.2 Å². The number of rotatable bonds is 4. The minimum atomic E-state index is -0.181. The summed E-state index contributed by atoms with van der Waals surface area (Å²) < 4.78 is 0. The van der Waals surface area contributed by atoms with E-state index < -0.39 is 0 Å². The number of hydrogen-bond donors (Lipinski definition) is 1. The first-order valence-electron chi connectivity index (χ1n) is 8.71. The van der Waals surface area contributed by atoms with Crippen LogP contribution in [0.2, 0.25) is 0 Å². The summed E-state index contributed by atoms with van der Waals surface area (Å²) in [6.45, 7) is 5.89. The smallest absolute Gasteiger partial charge is 0.266 e. The van der Waals surface area contributed by atoms with Crippen molar-refractivity contribution in [2.75, 3.05) is 19.4 Å². The van der Waals surface area contributed by atoms with Crippen molar-refractivity contribution in [1.82, 2.24) is 14.9 Å². The minimum absolute atomic E-state index is 0.0750. The number of nitrogens with zero attached hydrogens (tertiary/aromatic N) is 3. The first kappa shape index (κ1) is 19.0. The molecule has 6 nitrogen and oxygen atoms in total. The van der Waals surface area contributed by atoms with Gasteiger partial charge in [0.25, 0.3) is 11.8 Å². The number of fused-ring (bicyclic) bond motifs is 1. The highest BCUT2D eigenvalue weighted by atomic mass is 32.1. The number of carbonyl (C=O) groups excluding carboxylic acids is 2. The van der Waals surface area contributed by atoms with Crippen LogP contribution >= 0.6 is 11.3 Å². The maximum Gasteiger partial charge on any atom is 0.266 e. The van der Waals surface area contributed by atoms with E-state index in [0.717, 1.165) is 33.7 Å². The fourth-order valence-corrected chi connectivity index (χ4v) is 4.06. The van der Waals surface area contributed by atoms with Gasteiger partial charge in [-0.25, -0.2) is 9.97 Å². The number of carbonyl (C=O) groups is 2. The summed E-state index contributed by atoms with van der Waals surface area (Å²) in [6, 6.07) is 6.88. The number of amides is 2. The maximum atomic E-state index is 12.8. The number of hydrogen-bond acceptors (Lipinski definition) is 5. The van der Waals surface area contributed by atoms with Crippen LogP contribution in [0.25, 0.3) is 10.2 Å². The molecule has 0 bridgehead atoms. The van der Waals surface area contributed by atoms with Crippen LogP contribution in [0, 0.1) is 13.8 Å². The Bertz CT molecular complexity index is 1020. The summed E-state index contributed by atoms with van der Waals surface area (Å²) in [7, 11) is 3.41. The lowest BCUT2D eigenvalue weighted by molar-refractivity contribution is 0.0827. The average molecular weight is 382 g/mol. The Labute approximate surface area is 162 Å². The minimum Gasteiger partial charge on any atom is -0.345 e. The fraction of sp³-hybridized carbons (Fsp3) is 0.300. The zero-order chi connectivity index (χ0) is 19.7. The summed E-state index contributed by atoms with van der Waals surface area (Å²) in [5.41, 5.74) is 3.02. The van der Waals surface area contributed by atoms with Crippen molar-refractivity contribution in [3.63, 3.8) is 0 Å². The summed E-state index contributed by atoms with van der Waals surface area (Å²) in [5.74, 6) is 0.531. The van der Waals surface area contributed by atoms with Gasteiger partial charge in [0.05, 0.1) is 4.88 Å². The third-order valence-corrected chi connectivity index (χ3v) is 5.52. The quantitative estimate of drug-likeness (QED) is 0.744. The van der Waals surface area contributed by atoms with E-state index in [1.807, 2.05) is 20.8 Å². The molecular formula is C20H22N4O2S. The van der Waals surface area contributed by atoms with E-state index in [1.165, 1.54) is 16.2 Å². The Balaban J connectivity index is 1.87. The largest absolute Gasteiger partial charge is 0.345 e. The predicted molar refractivity (Wildman–Crippen MR) is 109 cm³/mol. The normalized spacial score (nSPS) is 10.9. The second-order valence-corrected chi connectivity index (χ2v) is 7.55. The molecule has 7 heteroatoms. The third-order valence-electron chi connectivity index (χ3n) is 4.34. The van der Waals surface area contributed by atoms with E-state index in [9.17, 15) is 9.59 Å². The molecule has 140 valence electrons. The van der Waals surface area contributed by atoms with Gasteiger partial charge in [0.2, 0.25) is 0 Å². The van der Waals surface area contributed by atoms with Crippen LogP contribution in [0.4, 0.5) is 5.69 Å². The lowest BCUT2D eigenvalue weighted by Gasteiger charge is -2.11. The highest BCUT2D eigenvalue weighted by molar-refractivity contribution is 7.20. The Morgan fingerprint density at radius 2 is 1.78 bits per heavy atom. The molecule has 0 saturated carbocycles. The Hall–Kier alpha value is -2.80. The molecule has 3 rings (SSSR count). The van der Waals surface area contributed by atoms with Crippen molar-refractivity contribution in [1.29, 1.82) is 0 Å². The maximum absolute atomic E-state index is 12.8. The molecule has 3 aromatic rings. The van der Waals surface area contributed by atoms with E-state index in [-0.39, 0.29) is 11.8 Å². The van der Waals surface area contributed by atoms with E-state index in [1.54, 1.807) is 38.4 Å². The van der Waals surface area contributed by atoms with Crippen LogP contribution < -0.4 is 5.32 Å². The number of nitrogens with one attached hydrogen (secondary N) is 1. The molecule has 0 fully saturated rings. The molecule has 0 aliphatic carbocycles. The highest BCUT2D eigenvalue weighted by Crippen LogP contribution is 2.32. The molecule has 1 aromatic carbocycles. The first-order chi connectivity index (χ1) is 12.8. The van der Waals surface area contributed by atoms with Crippen molar-refractivity contribution in [3.05, 3.63) is 51.8 Å². The summed E-state index contributed by atoms with van der Waals surface area (Å²) in [4.78, 5) is 36.8. The monoisotopic (exact) mass is 382 g/mol. The summed E-state index contributed by atoms with van der Waals surface area (Å²) in [6.07, 6.45) is 0.757. The van der Waals surface area contributed by atoms with Gasteiger partial charge in [-0.15, -0.1) is 11.3 Å². The lowest BCUT2D eigenvalue weighted by atomic mass is 10.1. The van der Waals surface area contributed by atoms with Crippen LogP contribution in [0.1, 0.15) is 44.0 Å². The van der Waals surface area contributed by atoms with E-state index in [0.29, 0.717) is 16.1 Å². The van der Waals surface area contributed by atoms with E-state index >= 15 is 0 Å². The number of anilines is 1.